The van der Waals surface area contributed by atoms with E-state index in [4.69, 9.17) is 0 Å². The standard InChI is InChI=1S/C20H20N4O3S4/c1-12(2)10-21-31(26,27)13-7-8-15-17(9-13)29-19(22-15)24-18(25)11-28-20-23-14-5-3-4-6-16(14)30-20/h3-9,12,21H,10-11H2,1-2H3,(H,22,24,25). The number of para-hydroxylation sites is 1. The molecule has 2 aromatic heterocycles. The van der Waals surface area contributed by atoms with Crippen molar-refractivity contribution < 1.29 is 13.2 Å². The molecule has 1 amide bonds. The van der Waals surface area contributed by atoms with Crippen molar-refractivity contribution in [3.63, 3.8) is 0 Å². The molecule has 4 rings (SSSR count). The first kappa shape index (κ1) is 22.2. The van der Waals surface area contributed by atoms with Crippen LogP contribution in [0.25, 0.3) is 20.4 Å². The van der Waals surface area contributed by atoms with Crippen LogP contribution in [-0.2, 0) is 14.8 Å². The van der Waals surface area contributed by atoms with Crippen LogP contribution in [0.4, 0.5) is 5.13 Å². The van der Waals surface area contributed by atoms with Gasteiger partial charge in [0.2, 0.25) is 15.9 Å². The second-order valence-electron chi connectivity index (χ2n) is 7.18. The van der Waals surface area contributed by atoms with E-state index in [1.807, 2.05) is 38.1 Å². The Balaban J connectivity index is 1.41. The average molecular weight is 493 g/mol. The van der Waals surface area contributed by atoms with E-state index in [1.165, 1.54) is 29.2 Å². The minimum atomic E-state index is -3.58. The van der Waals surface area contributed by atoms with Gasteiger partial charge in [-0.25, -0.2) is 23.1 Å². The van der Waals surface area contributed by atoms with Crippen LogP contribution < -0.4 is 10.0 Å². The summed E-state index contributed by atoms with van der Waals surface area (Å²) >= 11 is 4.18. The van der Waals surface area contributed by atoms with Gasteiger partial charge in [0.05, 0.1) is 31.1 Å². The number of hydrogen-bond acceptors (Lipinski definition) is 8. The molecule has 0 aliphatic heterocycles. The van der Waals surface area contributed by atoms with Crippen molar-refractivity contribution in [1.29, 1.82) is 0 Å². The number of rotatable bonds is 8. The minimum absolute atomic E-state index is 0.185. The maximum Gasteiger partial charge on any atom is 0.240 e. The Morgan fingerprint density at radius 1 is 1.06 bits per heavy atom. The van der Waals surface area contributed by atoms with Gasteiger partial charge in [-0.2, -0.15) is 0 Å². The number of benzene rings is 2. The molecule has 0 aliphatic rings. The Morgan fingerprint density at radius 2 is 1.84 bits per heavy atom. The van der Waals surface area contributed by atoms with Crippen molar-refractivity contribution in [3.05, 3.63) is 42.5 Å². The third-order valence-corrected chi connectivity index (χ3v) is 8.73. The number of sulfonamides is 1. The zero-order valence-electron chi connectivity index (χ0n) is 16.8. The molecule has 0 saturated carbocycles. The molecule has 0 aliphatic carbocycles. The normalized spacial score (nSPS) is 12.1. The largest absolute Gasteiger partial charge is 0.301 e. The molecule has 0 fully saturated rings. The monoisotopic (exact) mass is 492 g/mol. The van der Waals surface area contributed by atoms with E-state index in [0.29, 0.717) is 21.9 Å². The van der Waals surface area contributed by atoms with E-state index >= 15 is 0 Å². The first-order chi connectivity index (χ1) is 14.8. The predicted octanol–water partition coefficient (Wildman–Crippen LogP) is 4.57. The summed E-state index contributed by atoms with van der Waals surface area (Å²) in [4.78, 5) is 21.4. The highest BCUT2D eigenvalue weighted by molar-refractivity contribution is 8.01. The highest BCUT2D eigenvalue weighted by Gasteiger charge is 2.17. The smallest absolute Gasteiger partial charge is 0.240 e. The van der Waals surface area contributed by atoms with E-state index in [1.54, 1.807) is 23.5 Å². The first-order valence-corrected chi connectivity index (χ1v) is 13.6. The van der Waals surface area contributed by atoms with Crippen LogP contribution >= 0.6 is 34.4 Å². The summed E-state index contributed by atoms with van der Waals surface area (Å²) in [7, 11) is -3.58. The van der Waals surface area contributed by atoms with Gasteiger partial charge >= 0.3 is 0 Å². The lowest BCUT2D eigenvalue weighted by atomic mass is 10.2. The van der Waals surface area contributed by atoms with Crippen LogP contribution in [0.3, 0.4) is 0 Å². The molecule has 162 valence electrons. The number of amides is 1. The number of aromatic nitrogens is 2. The number of hydrogen-bond donors (Lipinski definition) is 2. The highest BCUT2D eigenvalue weighted by atomic mass is 32.2. The number of carbonyl (C=O) groups excluding carboxylic acids is 1. The molecule has 0 saturated heterocycles. The molecule has 0 atom stereocenters. The maximum atomic E-state index is 12.4. The van der Waals surface area contributed by atoms with E-state index < -0.39 is 10.0 Å². The molecule has 0 radical (unpaired) electrons. The lowest BCUT2D eigenvalue weighted by Crippen LogP contribution is -2.27. The van der Waals surface area contributed by atoms with E-state index in [2.05, 4.69) is 20.0 Å². The number of nitrogens with zero attached hydrogens (tertiary/aromatic N) is 2. The van der Waals surface area contributed by atoms with Crippen molar-refractivity contribution in [1.82, 2.24) is 14.7 Å². The maximum absolute atomic E-state index is 12.4. The summed E-state index contributed by atoms with van der Waals surface area (Å²) in [5.74, 6) is 0.244. The zero-order chi connectivity index (χ0) is 22.0. The fourth-order valence-corrected chi connectivity index (χ4v) is 6.78. The van der Waals surface area contributed by atoms with Crippen molar-refractivity contribution in [2.75, 3.05) is 17.6 Å². The van der Waals surface area contributed by atoms with Crippen molar-refractivity contribution >= 4 is 75.9 Å². The molecule has 0 spiro atoms. The molecular formula is C20H20N4O3S4. The third-order valence-electron chi connectivity index (χ3n) is 4.20. The second-order valence-corrected chi connectivity index (χ2v) is 12.2. The van der Waals surface area contributed by atoms with Crippen LogP contribution in [0.15, 0.2) is 51.7 Å². The van der Waals surface area contributed by atoms with Crippen molar-refractivity contribution in [3.8, 4) is 0 Å². The van der Waals surface area contributed by atoms with Gasteiger partial charge < -0.3 is 5.32 Å². The Labute approximate surface area is 192 Å². The van der Waals surface area contributed by atoms with Gasteiger partial charge in [-0.1, -0.05) is 49.1 Å². The summed E-state index contributed by atoms with van der Waals surface area (Å²) in [6, 6.07) is 12.6. The van der Waals surface area contributed by atoms with Gasteiger partial charge in [0, 0.05) is 6.54 Å². The summed E-state index contributed by atoms with van der Waals surface area (Å²) < 4.78 is 30.1. The van der Waals surface area contributed by atoms with E-state index in [9.17, 15) is 13.2 Å². The number of nitrogens with one attached hydrogen (secondary N) is 2. The van der Waals surface area contributed by atoms with Gasteiger partial charge in [0.1, 0.15) is 0 Å². The van der Waals surface area contributed by atoms with Gasteiger partial charge in [0.15, 0.2) is 9.47 Å². The van der Waals surface area contributed by atoms with Crippen LogP contribution in [0.2, 0.25) is 0 Å². The SMILES string of the molecule is CC(C)CNS(=O)(=O)c1ccc2nc(NC(=O)CSc3nc4ccccc4s3)sc2c1. The lowest BCUT2D eigenvalue weighted by molar-refractivity contribution is -0.113. The van der Waals surface area contributed by atoms with E-state index in [0.717, 1.165) is 14.6 Å². The highest BCUT2D eigenvalue weighted by Crippen LogP contribution is 2.31. The topological polar surface area (TPSA) is 101 Å². The van der Waals surface area contributed by atoms with Crippen LogP contribution in [0.1, 0.15) is 13.8 Å². The van der Waals surface area contributed by atoms with Crippen LogP contribution in [-0.4, -0.2) is 36.6 Å². The molecule has 0 bridgehead atoms. The van der Waals surface area contributed by atoms with Crippen molar-refractivity contribution in [2.24, 2.45) is 5.92 Å². The van der Waals surface area contributed by atoms with Crippen molar-refractivity contribution in [2.45, 2.75) is 23.1 Å². The Kier molecular flexibility index (Phi) is 6.58. The molecule has 2 aromatic carbocycles. The molecule has 0 unspecified atom stereocenters. The predicted molar refractivity (Wildman–Crippen MR) is 129 cm³/mol. The van der Waals surface area contributed by atoms with Gasteiger partial charge in [-0.05, 0) is 36.2 Å². The number of thioether (sulfide) groups is 1. The minimum Gasteiger partial charge on any atom is -0.301 e. The molecule has 11 heteroatoms. The molecule has 31 heavy (non-hydrogen) atoms. The van der Waals surface area contributed by atoms with Gasteiger partial charge in [-0.3, -0.25) is 4.79 Å². The Morgan fingerprint density at radius 3 is 2.61 bits per heavy atom. The molecular weight excluding hydrogens is 473 g/mol. The summed E-state index contributed by atoms with van der Waals surface area (Å²) in [5, 5.41) is 3.23. The average Bonchev–Trinajstić information content (AvgIpc) is 3.33. The third kappa shape index (κ3) is 5.42. The number of fused-ring (bicyclic) bond motifs is 2. The van der Waals surface area contributed by atoms with Crippen LogP contribution in [0, 0.1) is 5.92 Å². The molecule has 2 heterocycles. The summed E-state index contributed by atoms with van der Waals surface area (Å²) in [6.07, 6.45) is 0. The molecule has 2 N–H and O–H groups in total. The van der Waals surface area contributed by atoms with Crippen LogP contribution in [0.5, 0.6) is 0 Å². The summed E-state index contributed by atoms with van der Waals surface area (Å²) in [6.45, 7) is 4.26. The van der Waals surface area contributed by atoms with E-state index in [-0.39, 0.29) is 22.5 Å². The second kappa shape index (κ2) is 9.21. The number of carbonyl (C=O) groups is 1. The zero-order valence-corrected chi connectivity index (χ0v) is 20.1. The fourth-order valence-electron chi connectivity index (χ4n) is 2.68. The Hall–Kier alpha value is -2.05. The molecule has 4 aromatic rings. The first-order valence-electron chi connectivity index (χ1n) is 9.48. The Bertz CT molecular complexity index is 1310. The molecule has 7 nitrogen and oxygen atoms in total. The quantitative estimate of drug-likeness (QED) is 0.350. The fraction of sp³-hybridized carbons (Fsp3) is 0.250. The number of anilines is 1. The van der Waals surface area contributed by atoms with Gasteiger partial charge in [0.25, 0.3) is 0 Å². The van der Waals surface area contributed by atoms with Gasteiger partial charge in [-0.15, -0.1) is 11.3 Å². The summed E-state index contributed by atoms with van der Waals surface area (Å²) in [5.41, 5.74) is 1.57. The number of thiazole rings is 2. The lowest BCUT2D eigenvalue weighted by Gasteiger charge is -2.08.